The first kappa shape index (κ1) is 17.8. The first-order valence-corrected chi connectivity index (χ1v) is 9.59. The van der Waals surface area contributed by atoms with Crippen molar-refractivity contribution in [2.75, 3.05) is 5.32 Å². The monoisotopic (exact) mass is 377 g/mol. The van der Waals surface area contributed by atoms with E-state index in [1.807, 2.05) is 6.07 Å². The van der Waals surface area contributed by atoms with Gasteiger partial charge >= 0.3 is 0 Å². The number of fused-ring (bicyclic) bond motifs is 1. The highest BCUT2D eigenvalue weighted by Gasteiger charge is 2.16. The van der Waals surface area contributed by atoms with Gasteiger partial charge in [0, 0.05) is 10.6 Å². The first-order valence-electron chi connectivity index (χ1n) is 8.36. The number of benzene rings is 1. The number of rotatable bonds is 2. The van der Waals surface area contributed by atoms with E-state index in [2.05, 4.69) is 16.2 Å². The van der Waals surface area contributed by atoms with Crippen molar-refractivity contribution in [3.05, 3.63) is 51.5 Å². The maximum atomic E-state index is 12.9. The Morgan fingerprint density at radius 1 is 1.04 bits per heavy atom. The molecule has 132 valence electrons. The van der Waals surface area contributed by atoms with E-state index in [0.717, 1.165) is 12.8 Å². The average Bonchev–Trinajstić information content (AvgIpc) is 2.97. The lowest BCUT2D eigenvalue weighted by Crippen LogP contribution is -2.43. The third kappa shape index (κ3) is 4.99. The molecular formula is C18H20FN3OS2. The molecule has 2 aromatic rings. The van der Waals surface area contributed by atoms with Crippen LogP contribution in [0.25, 0.3) is 0 Å². The lowest BCUT2D eigenvalue weighted by Gasteiger charge is -2.10. The van der Waals surface area contributed by atoms with E-state index < -0.39 is 0 Å². The van der Waals surface area contributed by atoms with Crippen LogP contribution < -0.4 is 16.2 Å². The standard InChI is InChI=1S/C18H20FN3OS2/c19-13-7-9-14(10-8-13)20-18(24)22-21-17(23)16-11-12-5-3-1-2-4-6-15(12)25-16/h7-11H,1-6H2,(H,21,23)(H2,20,22,24). The van der Waals surface area contributed by atoms with Crippen molar-refractivity contribution in [2.24, 2.45) is 0 Å². The first-order chi connectivity index (χ1) is 12.1. The summed E-state index contributed by atoms with van der Waals surface area (Å²) in [6, 6.07) is 7.82. The van der Waals surface area contributed by atoms with E-state index in [-0.39, 0.29) is 16.8 Å². The Labute approximate surface area is 155 Å². The Hall–Kier alpha value is -1.99. The van der Waals surface area contributed by atoms with Crippen LogP contribution in [-0.2, 0) is 12.8 Å². The number of hydrogen-bond acceptors (Lipinski definition) is 3. The van der Waals surface area contributed by atoms with Crippen LogP contribution in [0.4, 0.5) is 10.1 Å². The van der Waals surface area contributed by atoms with Crippen LogP contribution in [0.5, 0.6) is 0 Å². The van der Waals surface area contributed by atoms with Crippen molar-refractivity contribution in [3.63, 3.8) is 0 Å². The Bertz CT molecular complexity index is 733. The van der Waals surface area contributed by atoms with Gasteiger partial charge in [0.2, 0.25) is 0 Å². The predicted octanol–water partition coefficient (Wildman–Crippen LogP) is 4.18. The lowest BCUT2D eigenvalue weighted by molar-refractivity contribution is 0.0948. The number of anilines is 1. The number of thiocarbonyl (C=S) groups is 1. The third-order valence-corrected chi connectivity index (χ3v) is 5.55. The number of hydrazine groups is 1. The Balaban J connectivity index is 1.54. The summed E-state index contributed by atoms with van der Waals surface area (Å²) < 4.78 is 12.9. The number of amides is 1. The van der Waals surface area contributed by atoms with Gasteiger partial charge in [-0.3, -0.25) is 15.6 Å². The summed E-state index contributed by atoms with van der Waals surface area (Å²) in [6.07, 6.45) is 7.03. The molecule has 1 heterocycles. The summed E-state index contributed by atoms with van der Waals surface area (Å²) in [4.78, 5) is 14.4. The number of halogens is 1. The van der Waals surface area contributed by atoms with Crippen molar-refractivity contribution in [3.8, 4) is 0 Å². The van der Waals surface area contributed by atoms with Gasteiger partial charge in [0.1, 0.15) is 5.82 Å². The van der Waals surface area contributed by atoms with Gasteiger partial charge in [0.15, 0.2) is 5.11 Å². The molecule has 0 atom stereocenters. The molecule has 0 spiro atoms. The van der Waals surface area contributed by atoms with Crippen LogP contribution in [0.3, 0.4) is 0 Å². The van der Waals surface area contributed by atoms with Gasteiger partial charge in [-0.15, -0.1) is 11.3 Å². The number of nitrogens with one attached hydrogen (secondary N) is 3. The van der Waals surface area contributed by atoms with E-state index in [9.17, 15) is 9.18 Å². The van der Waals surface area contributed by atoms with Crippen molar-refractivity contribution < 1.29 is 9.18 Å². The number of carbonyl (C=O) groups excluding carboxylic acids is 1. The fourth-order valence-corrected chi connectivity index (χ4v) is 4.14. The second kappa shape index (κ2) is 8.40. The van der Waals surface area contributed by atoms with E-state index in [0.29, 0.717) is 10.6 Å². The molecule has 1 aromatic carbocycles. The number of carbonyl (C=O) groups is 1. The van der Waals surface area contributed by atoms with E-state index in [1.54, 1.807) is 23.5 Å². The highest BCUT2D eigenvalue weighted by molar-refractivity contribution is 7.80. The van der Waals surface area contributed by atoms with Gasteiger partial charge in [-0.25, -0.2) is 4.39 Å². The number of thiophene rings is 1. The van der Waals surface area contributed by atoms with Crippen LogP contribution in [0.1, 0.15) is 45.8 Å². The molecule has 3 N–H and O–H groups in total. The fraction of sp³-hybridized carbons (Fsp3) is 0.333. The van der Waals surface area contributed by atoms with Gasteiger partial charge in [-0.1, -0.05) is 12.8 Å². The fourth-order valence-electron chi connectivity index (χ4n) is 2.83. The largest absolute Gasteiger partial charge is 0.331 e. The topological polar surface area (TPSA) is 53.2 Å². The molecule has 0 bridgehead atoms. The van der Waals surface area contributed by atoms with Crippen molar-refractivity contribution >= 4 is 40.3 Å². The smallest absolute Gasteiger partial charge is 0.279 e. The zero-order valence-corrected chi connectivity index (χ0v) is 15.4. The zero-order valence-electron chi connectivity index (χ0n) is 13.7. The number of hydrogen-bond donors (Lipinski definition) is 3. The Kier molecular flexibility index (Phi) is 5.99. The molecule has 0 fully saturated rings. The van der Waals surface area contributed by atoms with E-state index in [4.69, 9.17) is 12.2 Å². The molecule has 0 aliphatic heterocycles. The molecule has 1 aliphatic rings. The van der Waals surface area contributed by atoms with E-state index in [1.165, 1.54) is 48.3 Å². The second-order valence-corrected chi connectivity index (χ2v) is 7.56. The van der Waals surface area contributed by atoms with E-state index >= 15 is 0 Å². The minimum Gasteiger partial charge on any atom is -0.331 e. The summed E-state index contributed by atoms with van der Waals surface area (Å²) in [6.45, 7) is 0. The highest BCUT2D eigenvalue weighted by atomic mass is 32.1. The Morgan fingerprint density at radius 2 is 1.76 bits per heavy atom. The SMILES string of the molecule is O=C(NNC(=S)Nc1ccc(F)cc1)c1cc2c(s1)CCCCCC2. The predicted molar refractivity (Wildman–Crippen MR) is 103 cm³/mol. The van der Waals surface area contributed by atoms with Gasteiger partial charge < -0.3 is 5.32 Å². The average molecular weight is 378 g/mol. The molecule has 7 heteroatoms. The summed E-state index contributed by atoms with van der Waals surface area (Å²) >= 11 is 6.70. The van der Waals surface area contributed by atoms with Crippen LogP contribution in [0.15, 0.2) is 30.3 Å². The van der Waals surface area contributed by atoms with Gasteiger partial charge in [0.25, 0.3) is 5.91 Å². The maximum Gasteiger partial charge on any atom is 0.279 e. The molecular weight excluding hydrogens is 357 g/mol. The Morgan fingerprint density at radius 3 is 2.52 bits per heavy atom. The molecule has 4 nitrogen and oxygen atoms in total. The number of aryl methyl sites for hydroxylation is 2. The maximum absolute atomic E-state index is 12.9. The summed E-state index contributed by atoms with van der Waals surface area (Å²) in [5.41, 5.74) is 7.25. The lowest BCUT2D eigenvalue weighted by atomic mass is 10.00. The molecule has 1 aliphatic carbocycles. The highest BCUT2D eigenvalue weighted by Crippen LogP contribution is 2.28. The van der Waals surface area contributed by atoms with Crippen LogP contribution in [0, 0.1) is 5.82 Å². The van der Waals surface area contributed by atoms with Crippen molar-refractivity contribution in [1.82, 2.24) is 10.9 Å². The molecule has 25 heavy (non-hydrogen) atoms. The molecule has 3 rings (SSSR count). The zero-order chi connectivity index (χ0) is 17.6. The molecule has 1 aromatic heterocycles. The second-order valence-electron chi connectivity index (χ2n) is 6.01. The minimum absolute atomic E-state index is 0.194. The van der Waals surface area contributed by atoms with Crippen LogP contribution in [0.2, 0.25) is 0 Å². The summed E-state index contributed by atoms with van der Waals surface area (Å²) in [7, 11) is 0. The van der Waals surface area contributed by atoms with Crippen molar-refractivity contribution in [2.45, 2.75) is 38.5 Å². The van der Waals surface area contributed by atoms with Crippen LogP contribution in [-0.4, -0.2) is 11.0 Å². The molecule has 0 saturated heterocycles. The van der Waals surface area contributed by atoms with Gasteiger partial charge in [-0.2, -0.15) is 0 Å². The quantitative estimate of drug-likeness (QED) is 0.543. The normalized spacial score (nSPS) is 14.0. The van der Waals surface area contributed by atoms with Crippen LogP contribution >= 0.6 is 23.6 Å². The minimum atomic E-state index is -0.314. The summed E-state index contributed by atoms with van der Waals surface area (Å²) in [5.74, 6) is -0.508. The third-order valence-electron chi connectivity index (χ3n) is 4.11. The molecule has 0 radical (unpaired) electrons. The molecule has 1 amide bonds. The summed E-state index contributed by atoms with van der Waals surface area (Å²) in [5, 5.41) is 3.13. The van der Waals surface area contributed by atoms with Gasteiger partial charge in [0.05, 0.1) is 4.88 Å². The molecule has 0 saturated carbocycles. The van der Waals surface area contributed by atoms with Crippen molar-refractivity contribution in [1.29, 1.82) is 0 Å². The van der Waals surface area contributed by atoms with Gasteiger partial charge in [-0.05, 0) is 73.8 Å². The molecule has 0 unspecified atom stereocenters.